The first-order valence-corrected chi connectivity index (χ1v) is 7.55. The third-order valence-electron chi connectivity index (χ3n) is 4.17. The van der Waals surface area contributed by atoms with Crippen molar-refractivity contribution in [2.75, 3.05) is 19.8 Å². The topological polar surface area (TPSA) is 67.1 Å². The van der Waals surface area contributed by atoms with E-state index in [9.17, 15) is 9.90 Å². The highest BCUT2D eigenvalue weighted by Gasteiger charge is 2.35. The van der Waals surface area contributed by atoms with Gasteiger partial charge >= 0.3 is 0 Å². The van der Waals surface area contributed by atoms with Gasteiger partial charge in [0.1, 0.15) is 11.3 Å². The summed E-state index contributed by atoms with van der Waals surface area (Å²) >= 11 is 0. The summed E-state index contributed by atoms with van der Waals surface area (Å²) in [5, 5.41) is 10.0. The molecule has 6 heteroatoms. The molecule has 1 amide bonds. The molecule has 1 fully saturated rings. The first kappa shape index (κ1) is 15.0. The van der Waals surface area contributed by atoms with E-state index in [1.54, 1.807) is 4.90 Å². The normalized spacial score (nSPS) is 21.5. The van der Waals surface area contributed by atoms with Gasteiger partial charge < -0.3 is 14.7 Å². The van der Waals surface area contributed by atoms with Gasteiger partial charge in [0.15, 0.2) is 0 Å². The molecule has 0 aliphatic carbocycles. The first-order valence-electron chi connectivity index (χ1n) is 7.55. The number of ether oxygens (including phenoxy) is 1. The predicted molar refractivity (Wildman–Crippen MR) is 82.0 cm³/mol. The molecule has 118 valence electrons. The van der Waals surface area contributed by atoms with E-state index in [0.29, 0.717) is 24.5 Å². The van der Waals surface area contributed by atoms with Crippen LogP contribution in [-0.2, 0) is 4.74 Å². The number of hydrogen-bond acceptors (Lipinski definition) is 4. The summed E-state index contributed by atoms with van der Waals surface area (Å²) in [4.78, 5) is 19.2. The number of carbonyl (C=O) groups excluding carboxylic acids is 1. The van der Waals surface area contributed by atoms with Gasteiger partial charge in [0.2, 0.25) is 0 Å². The van der Waals surface area contributed by atoms with Gasteiger partial charge in [-0.05, 0) is 32.4 Å². The first-order chi connectivity index (χ1) is 10.5. The minimum atomic E-state index is -0.634. The number of fused-ring (bicyclic) bond motifs is 1. The Morgan fingerprint density at radius 2 is 2.23 bits per heavy atom. The van der Waals surface area contributed by atoms with Crippen LogP contribution in [0.1, 0.15) is 28.7 Å². The second-order valence-electron chi connectivity index (χ2n) is 5.74. The molecule has 1 aliphatic heterocycles. The maximum Gasteiger partial charge on any atom is 0.273 e. The van der Waals surface area contributed by atoms with Crippen LogP contribution in [0, 0.1) is 13.8 Å². The zero-order valence-electron chi connectivity index (χ0n) is 13.1. The number of rotatable bonds is 3. The largest absolute Gasteiger partial charge is 0.388 e. The molecule has 1 aliphatic rings. The van der Waals surface area contributed by atoms with Crippen molar-refractivity contribution in [2.24, 2.45) is 0 Å². The van der Waals surface area contributed by atoms with Gasteiger partial charge in [-0.25, -0.2) is 4.98 Å². The van der Waals surface area contributed by atoms with Crippen LogP contribution in [0.2, 0.25) is 0 Å². The number of nitrogens with zero attached hydrogens (tertiary/aromatic N) is 3. The Morgan fingerprint density at radius 3 is 2.86 bits per heavy atom. The molecular formula is C16H21N3O3. The quantitative estimate of drug-likeness (QED) is 0.924. The summed E-state index contributed by atoms with van der Waals surface area (Å²) in [7, 11) is 0. The lowest BCUT2D eigenvalue weighted by atomic mass is 10.1. The number of pyridine rings is 1. The van der Waals surface area contributed by atoms with E-state index in [-0.39, 0.29) is 18.6 Å². The van der Waals surface area contributed by atoms with Gasteiger partial charge in [0, 0.05) is 12.7 Å². The molecule has 3 heterocycles. The number of aliphatic hydroxyl groups excluding tert-OH is 1. The molecule has 1 saturated heterocycles. The third-order valence-corrected chi connectivity index (χ3v) is 4.17. The smallest absolute Gasteiger partial charge is 0.273 e. The molecule has 0 saturated carbocycles. The lowest BCUT2D eigenvalue weighted by molar-refractivity contribution is 0.0513. The summed E-state index contributed by atoms with van der Waals surface area (Å²) < 4.78 is 7.12. The second kappa shape index (κ2) is 5.70. The Kier molecular flexibility index (Phi) is 3.88. The molecule has 2 aromatic rings. The Morgan fingerprint density at radius 1 is 1.45 bits per heavy atom. The zero-order valence-corrected chi connectivity index (χ0v) is 13.1. The summed E-state index contributed by atoms with van der Waals surface area (Å²) in [5.41, 5.74) is 3.07. The maximum atomic E-state index is 13.0. The standard InChI is InChI=1S/C16H21N3O3/c1-4-18(12-8-22-9-13(12)20)16(21)15-11(3)17-14-6-5-10(2)7-19(14)15/h5-7,12-13,20H,4,8-9H2,1-3H3/t12-,13-/m1/s1. The molecule has 6 nitrogen and oxygen atoms in total. The molecule has 0 aromatic carbocycles. The molecule has 1 N–H and O–H groups in total. The van der Waals surface area contributed by atoms with Gasteiger partial charge in [-0.15, -0.1) is 0 Å². The van der Waals surface area contributed by atoms with Crippen molar-refractivity contribution in [2.45, 2.75) is 32.9 Å². The lowest BCUT2D eigenvalue weighted by Gasteiger charge is -2.28. The van der Waals surface area contributed by atoms with Crippen LogP contribution in [-0.4, -0.2) is 57.2 Å². The highest BCUT2D eigenvalue weighted by Crippen LogP contribution is 2.20. The van der Waals surface area contributed by atoms with E-state index < -0.39 is 6.10 Å². The Bertz CT molecular complexity index is 710. The van der Waals surface area contributed by atoms with Crippen LogP contribution >= 0.6 is 0 Å². The molecule has 0 unspecified atom stereocenters. The summed E-state index contributed by atoms with van der Waals surface area (Å²) in [5.74, 6) is -0.118. The fourth-order valence-electron chi connectivity index (χ4n) is 3.02. The van der Waals surface area contributed by atoms with Crippen molar-refractivity contribution in [3.63, 3.8) is 0 Å². The molecule has 0 spiro atoms. The van der Waals surface area contributed by atoms with Gasteiger partial charge in [-0.3, -0.25) is 9.20 Å². The van der Waals surface area contributed by atoms with Crippen LogP contribution in [0.4, 0.5) is 0 Å². The van der Waals surface area contributed by atoms with Crippen LogP contribution in [0.5, 0.6) is 0 Å². The molecular weight excluding hydrogens is 282 g/mol. The third kappa shape index (κ3) is 2.38. The van der Waals surface area contributed by atoms with Crippen LogP contribution in [0.15, 0.2) is 18.3 Å². The molecule has 2 aromatic heterocycles. The van der Waals surface area contributed by atoms with E-state index in [2.05, 4.69) is 4.98 Å². The van der Waals surface area contributed by atoms with Crippen molar-refractivity contribution in [3.05, 3.63) is 35.3 Å². The lowest BCUT2D eigenvalue weighted by Crippen LogP contribution is -2.47. The van der Waals surface area contributed by atoms with Crippen molar-refractivity contribution in [1.29, 1.82) is 0 Å². The van der Waals surface area contributed by atoms with Crippen LogP contribution in [0.3, 0.4) is 0 Å². The monoisotopic (exact) mass is 303 g/mol. The average Bonchev–Trinajstić information content (AvgIpc) is 3.02. The number of likely N-dealkylation sites (N-methyl/N-ethyl adjacent to an activating group) is 1. The molecule has 2 atom stereocenters. The molecule has 22 heavy (non-hydrogen) atoms. The maximum absolute atomic E-state index is 13.0. The van der Waals surface area contributed by atoms with E-state index in [0.717, 1.165) is 11.2 Å². The van der Waals surface area contributed by atoms with Gasteiger partial charge in [0.25, 0.3) is 5.91 Å². The SMILES string of the molecule is CCN(C(=O)c1c(C)nc2ccc(C)cn12)[C@@H]1COC[C@H]1O. The van der Waals surface area contributed by atoms with Crippen molar-refractivity contribution in [1.82, 2.24) is 14.3 Å². The van der Waals surface area contributed by atoms with E-state index in [1.807, 2.05) is 43.5 Å². The van der Waals surface area contributed by atoms with Gasteiger partial charge in [0.05, 0.1) is 31.1 Å². The summed E-state index contributed by atoms with van der Waals surface area (Å²) in [6.45, 7) is 6.89. The van der Waals surface area contributed by atoms with Crippen LogP contribution in [0.25, 0.3) is 5.65 Å². The van der Waals surface area contributed by atoms with E-state index >= 15 is 0 Å². The van der Waals surface area contributed by atoms with E-state index in [4.69, 9.17) is 4.74 Å². The number of amides is 1. The van der Waals surface area contributed by atoms with Gasteiger partial charge in [-0.2, -0.15) is 0 Å². The van der Waals surface area contributed by atoms with Crippen LogP contribution < -0.4 is 0 Å². The van der Waals surface area contributed by atoms with Crippen molar-refractivity contribution >= 4 is 11.6 Å². The Hall–Kier alpha value is -1.92. The molecule has 0 radical (unpaired) electrons. The summed E-state index contributed by atoms with van der Waals surface area (Å²) in [6.07, 6.45) is 1.28. The molecule has 3 rings (SSSR count). The number of imidazole rings is 1. The fourth-order valence-corrected chi connectivity index (χ4v) is 3.02. The fraction of sp³-hybridized carbons (Fsp3) is 0.500. The highest BCUT2D eigenvalue weighted by molar-refractivity contribution is 5.95. The van der Waals surface area contributed by atoms with E-state index in [1.165, 1.54) is 0 Å². The Balaban J connectivity index is 2.03. The highest BCUT2D eigenvalue weighted by atomic mass is 16.5. The minimum absolute atomic E-state index is 0.118. The van der Waals surface area contributed by atoms with Crippen molar-refractivity contribution in [3.8, 4) is 0 Å². The number of carbonyl (C=O) groups is 1. The average molecular weight is 303 g/mol. The predicted octanol–water partition coefficient (Wildman–Crippen LogP) is 1.17. The number of aryl methyl sites for hydroxylation is 2. The van der Waals surface area contributed by atoms with Crippen molar-refractivity contribution < 1.29 is 14.6 Å². The number of aromatic nitrogens is 2. The summed E-state index contributed by atoms with van der Waals surface area (Å²) in [6, 6.07) is 3.58. The Labute approximate surface area is 129 Å². The van der Waals surface area contributed by atoms with Gasteiger partial charge in [-0.1, -0.05) is 6.07 Å². The molecule has 0 bridgehead atoms. The zero-order chi connectivity index (χ0) is 15.9. The number of hydrogen-bond donors (Lipinski definition) is 1. The number of aliphatic hydroxyl groups is 1. The second-order valence-corrected chi connectivity index (χ2v) is 5.74. The minimum Gasteiger partial charge on any atom is -0.388 e.